The van der Waals surface area contributed by atoms with E-state index in [2.05, 4.69) is 31.9 Å². The van der Waals surface area contributed by atoms with Crippen LogP contribution in [0.1, 0.15) is 11.1 Å². The lowest BCUT2D eigenvalue weighted by atomic mass is 10.1. The van der Waals surface area contributed by atoms with Gasteiger partial charge in [0.1, 0.15) is 11.5 Å². The molecule has 0 aromatic heterocycles. The number of hydrogen-bond donors (Lipinski definition) is 0. The van der Waals surface area contributed by atoms with Gasteiger partial charge in [0.15, 0.2) is 11.5 Å². The van der Waals surface area contributed by atoms with Gasteiger partial charge in [0.2, 0.25) is 0 Å². The first-order chi connectivity index (χ1) is 15.0. The average Bonchev–Trinajstić information content (AvgIpc) is 3.10. The van der Waals surface area contributed by atoms with Crippen LogP contribution in [0.15, 0.2) is 86.4 Å². The molecule has 1 amide bonds. The van der Waals surface area contributed by atoms with Gasteiger partial charge >= 0.3 is 0 Å². The number of halogens is 2. The number of ether oxygens (including phenoxy) is 2. The third-order valence-electron chi connectivity index (χ3n) is 4.74. The highest BCUT2D eigenvalue weighted by Crippen LogP contribution is 2.32. The van der Waals surface area contributed by atoms with Crippen LogP contribution in [0.4, 0.5) is 5.69 Å². The Hall–Kier alpha value is -2.90. The van der Waals surface area contributed by atoms with Crippen LogP contribution in [0.25, 0.3) is 6.08 Å². The number of methoxy groups -OCH3 is 2. The number of amidine groups is 1. The van der Waals surface area contributed by atoms with Gasteiger partial charge in [-0.25, -0.2) is 4.99 Å². The Labute approximate surface area is 197 Å². The molecular formula is C24H18Br2N2O3. The summed E-state index contributed by atoms with van der Waals surface area (Å²) in [4.78, 5) is 19.7. The highest BCUT2D eigenvalue weighted by Gasteiger charge is 2.32. The monoisotopic (exact) mass is 540 g/mol. The summed E-state index contributed by atoms with van der Waals surface area (Å²) >= 11 is 6.95. The minimum Gasteiger partial charge on any atom is -0.493 e. The molecule has 0 aliphatic carbocycles. The molecule has 0 fully saturated rings. The van der Waals surface area contributed by atoms with Gasteiger partial charge in [-0.2, -0.15) is 0 Å². The Balaban J connectivity index is 1.81. The van der Waals surface area contributed by atoms with Gasteiger partial charge in [0.25, 0.3) is 5.91 Å². The molecule has 0 radical (unpaired) electrons. The van der Waals surface area contributed by atoms with E-state index in [1.807, 2.05) is 60.7 Å². The van der Waals surface area contributed by atoms with Crippen molar-refractivity contribution < 1.29 is 14.3 Å². The summed E-state index contributed by atoms with van der Waals surface area (Å²) in [6.07, 6.45) is 1.75. The predicted molar refractivity (Wildman–Crippen MR) is 130 cm³/mol. The summed E-state index contributed by atoms with van der Waals surface area (Å²) in [5, 5.41) is 0. The summed E-state index contributed by atoms with van der Waals surface area (Å²) < 4.78 is 12.5. The molecule has 0 bridgehead atoms. The fourth-order valence-corrected chi connectivity index (χ4v) is 3.92. The molecule has 0 unspecified atom stereocenters. The highest BCUT2D eigenvalue weighted by molar-refractivity contribution is 9.10. The average molecular weight is 542 g/mol. The summed E-state index contributed by atoms with van der Waals surface area (Å²) in [6.45, 7) is 0. The van der Waals surface area contributed by atoms with E-state index in [1.54, 1.807) is 31.3 Å². The quantitative estimate of drug-likeness (QED) is 0.369. The molecule has 4 rings (SSSR count). The second-order valence-corrected chi connectivity index (χ2v) is 8.54. The van der Waals surface area contributed by atoms with Crippen molar-refractivity contribution in [3.05, 3.63) is 92.5 Å². The zero-order chi connectivity index (χ0) is 22.0. The lowest BCUT2D eigenvalue weighted by Gasteiger charge is -2.19. The van der Waals surface area contributed by atoms with Crippen LogP contribution in [0.3, 0.4) is 0 Å². The van der Waals surface area contributed by atoms with Crippen molar-refractivity contribution in [2.24, 2.45) is 4.99 Å². The van der Waals surface area contributed by atoms with Crippen LogP contribution in [0.5, 0.6) is 11.5 Å². The van der Waals surface area contributed by atoms with Gasteiger partial charge in [-0.05, 0) is 54.1 Å². The summed E-state index contributed by atoms with van der Waals surface area (Å²) in [5.41, 5.74) is 2.70. The maximum absolute atomic E-state index is 13.4. The van der Waals surface area contributed by atoms with Gasteiger partial charge in [-0.15, -0.1) is 0 Å². The third-order valence-corrected chi connectivity index (χ3v) is 5.76. The Morgan fingerprint density at radius 3 is 2.29 bits per heavy atom. The van der Waals surface area contributed by atoms with E-state index in [1.165, 1.54) is 0 Å². The van der Waals surface area contributed by atoms with Crippen molar-refractivity contribution in [1.29, 1.82) is 0 Å². The minimum absolute atomic E-state index is 0.203. The van der Waals surface area contributed by atoms with Crippen LogP contribution in [0.2, 0.25) is 0 Å². The number of amides is 1. The predicted octanol–water partition coefficient (Wildman–Crippen LogP) is 6.06. The van der Waals surface area contributed by atoms with Gasteiger partial charge in [-0.1, -0.05) is 56.1 Å². The van der Waals surface area contributed by atoms with Crippen LogP contribution in [0, 0.1) is 0 Å². The normalized spacial score (nSPS) is 14.7. The zero-order valence-corrected chi connectivity index (χ0v) is 20.0. The summed E-state index contributed by atoms with van der Waals surface area (Å²) in [5.74, 6) is 1.58. The largest absolute Gasteiger partial charge is 0.493 e. The van der Waals surface area contributed by atoms with E-state index in [0.29, 0.717) is 23.0 Å². The second-order valence-electron chi connectivity index (χ2n) is 6.71. The van der Waals surface area contributed by atoms with E-state index in [9.17, 15) is 4.79 Å². The fourth-order valence-electron chi connectivity index (χ4n) is 3.26. The van der Waals surface area contributed by atoms with Crippen molar-refractivity contribution in [3.8, 4) is 11.5 Å². The molecule has 1 aliphatic rings. The molecule has 0 saturated heterocycles. The first-order valence-corrected chi connectivity index (χ1v) is 11.0. The molecule has 3 aromatic rings. The topological polar surface area (TPSA) is 51.1 Å². The maximum atomic E-state index is 13.4. The number of anilines is 1. The molecule has 7 heteroatoms. The zero-order valence-electron chi connectivity index (χ0n) is 16.8. The molecule has 156 valence electrons. The fraction of sp³-hybridized carbons (Fsp3) is 0.0833. The number of nitrogens with zero attached hydrogens (tertiary/aromatic N) is 2. The summed E-state index contributed by atoms with van der Waals surface area (Å²) in [7, 11) is 3.16. The van der Waals surface area contributed by atoms with Crippen molar-refractivity contribution in [2.75, 3.05) is 19.1 Å². The molecule has 5 nitrogen and oxygen atoms in total. The lowest BCUT2D eigenvalue weighted by molar-refractivity contribution is -0.113. The van der Waals surface area contributed by atoms with Crippen LogP contribution in [-0.4, -0.2) is 26.0 Å². The highest BCUT2D eigenvalue weighted by atomic mass is 79.9. The van der Waals surface area contributed by atoms with Gasteiger partial charge in [-0.3, -0.25) is 9.69 Å². The lowest BCUT2D eigenvalue weighted by Crippen LogP contribution is -2.32. The van der Waals surface area contributed by atoms with Gasteiger partial charge in [0, 0.05) is 14.5 Å². The Morgan fingerprint density at radius 2 is 1.61 bits per heavy atom. The Kier molecular flexibility index (Phi) is 6.25. The number of aliphatic imine (C=N–C) groups is 1. The van der Waals surface area contributed by atoms with E-state index in [-0.39, 0.29) is 5.91 Å². The van der Waals surface area contributed by atoms with Crippen LogP contribution < -0.4 is 14.4 Å². The second kappa shape index (κ2) is 9.08. The first kappa shape index (κ1) is 21.3. The number of carbonyl (C=O) groups is 1. The van der Waals surface area contributed by atoms with Crippen molar-refractivity contribution in [1.82, 2.24) is 0 Å². The van der Waals surface area contributed by atoms with E-state index in [0.717, 1.165) is 25.8 Å². The van der Waals surface area contributed by atoms with Crippen molar-refractivity contribution in [3.63, 3.8) is 0 Å². The molecule has 1 aliphatic heterocycles. The smallest absolute Gasteiger partial charge is 0.282 e. The van der Waals surface area contributed by atoms with E-state index < -0.39 is 0 Å². The molecule has 1 heterocycles. The Bertz CT molecular complexity index is 1200. The Morgan fingerprint density at radius 1 is 0.871 bits per heavy atom. The molecule has 0 N–H and O–H groups in total. The van der Waals surface area contributed by atoms with Gasteiger partial charge in [0.05, 0.1) is 19.9 Å². The standard InChI is InChI=1S/C24H18Br2N2O3/c1-30-21-11-6-15(13-22(21)31-2)12-20-24(29)28(19-5-3-4-18(26)14-19)23(27-20)16-7-9-17(25)10-8-16/h3-14H,1-2H3/b20-12+. The van der Waals surface area contributed by atoms with Gasteiger partial charge < -0.3 is 9.47 Å². The number of hydrogen-bond acceptors (Lipinski definition) is 4. The number of rotatable bonds is 5. The number of benzene rings is 3. The molecule has 0 spiro atoms. The third kappa shape index (κ3) is 4.43. The molecule has 0 saturated carbocycles. The maximum Gasteiger partial charge on any atom is 0.282 e. The van der Waals surface area contributed by atoms with Crippen molar-refractivity contribution in [2.45, 2.75) is 0 Å². The van der Waals surface area contributed by atoms with Crippen LogP contribution >= 0.6 is 31.9 Å². The van der Waals surface area contributed by atoms with E-state index in [4.69, 9.17) is 14.5 Å². The van der Waals surface area contributed by atoms with Crippen LogP contribution in [-0.2, 0) is 4.79 Å². The molecule has 31 heavy (non-hydrogen) atoms. The summed E-state index contributed by atoms with van der Waals surface area (Å²) in [6, 6.07) is 20.8. The van der Waals surface area contributed by atoms with E-state index >= 15 is 0 Å². The number of carbonyl (C=O) groups excluding carboxylic acids is 1. The first-order valence-electron chi connectivity index (χ1n) is 9.38. The molecular weight excluding hydrogens is 524 g/mol. The SMILES string of the molecule is COc1ccc(/C=C2/N=C(c3ccc(Br)cc3)N(c3cccc(Br)c3)C2=O)cc1OC. The molecule has 0 atom stereocenters. The minimum atomic E-state index is -0.203. The molecule has 3 aromatic carbocycles. The van der Waals surface area contributed by atoms with Crippen molar-refractivity contribution >= 4 is 55.4 Å².